The Kier molecular flexibility index (Phi) is 8.86. The van der Waals surface area contributed by atoms with Crippen molar-refractivity contribution in [3.63, 3.8) is 0 Å². The zero-order valence-electron chi connectivity index (χ0n) is 21.4. The van der Waals surface area contributed by atoms with E-state index < -0.39 is 0 Å². The van der Waals surface area contributed by atoms with E-state index in [1.807, 2.05) is 78.9 Å². The van der Waals surface area contributed by atoms with Crippen molar-refractivity contribution in [2.24, 2.45) is 0 Å². The highest BCUT2D eigenvalue weighted by Crippen LogP contribution is 2.32. The largest absolute Gasteiger partial charge is 0.456 e. The first-order chi connectivity index (χ1) is 18.0. The van der Waals surface area contributed by atoms with E-state index in [1.54, 1.807) is 15.9 Å². The van der Waals surface area contributed by atoms with Gasteiger partial charge in [-0.1, -0.05) is 93.4 Å². The first-order valence-electron chi connectivity index (χ1n) is 12.8. The van der Waals surface area contributed by atoms with Crippen molar-refractivity contribution >= 4 is 40.7 Å². The second-order valence-corrected chi connectivity index (χ2v) is 9.37. The fourth-order valence-electron chi connectivity index (χ4n) is 4.16. The van der Waals surface area contributed by atoms with Crippen molar-refractivity contribution in [1.82, 2.24) is 9.80 Å². The van der Waals surface area contributed by atoms with E-state index in [9.17, 15) is 9.59 Å². The lowest BCUT2D eigenvalue weighted by molar-refractivity contribution is -0.133. The number of rotatable bonds is 9. The summed E-state index contributed by atoms with van der Waals surface area (Å²) in [4.78, 5) is 29.8. The molecule has 2 heterocycles. The van der Waals surface area contributed by atoms with Gasteiger partial charge in [-0.3, -0.25) is 19.4 Å². The number of thiocarbonyl (C=S) groups is 1. The minimum atomic E-state index is -0.334. The number of benzene rings is 2. The molecule has 0 unspecified atom stereocenters. The summed E-state index contributed by atoms with van der Waals surface area (Å²) >= 11 is 5.56. The number of hydrogen-bond acceptors (Lipinski definition) is 4. The number of carbonyl (C=O) groups excluding carboxylic acids is 2. The Morgan fingerprint density at radius 2 is 1.19 bits per heavy atom. The Bertz CT molecular complexity index is 1190. The van der Waals surface area contributed by atoms with E-state index in [-0.39, 0.29) is 17.4 Å². The normalized spacial score (nSPS) is 15.9. The predicted octanol–water partition coefficient (Wildman–Crippen LogP) is 6.51. The summed E-state index contributed by atoms with van der Waals surface area (Å²) < 4.78 is 6.25. The molecule has 0 bridgehead atoms. The highest BCUT2D eigenvalue weighted by Gasteiger charge is 2.38. The molecule has 2 aromatic rings. The maximum absolute atomic E-state index is 13.4. The van der Waals surface area contributed by atoms with Gasteiger partial charge in [-0.25, -0.2) is 0 Å². The third kappa shape index (κ3) is 6.15. The molecule has 0 radical (unpaired) electrons. The van der Waals surface area contributed by atoms with Crippen LogP contribution in [-0.2, 0) is 14.3 Å². The van der Waals surface area contributed by atoms with Crippen molar-refractivity contribution < 1.29 is 14.3 Å². The molecule has 1 saturated heterocycles. The predicted molar refractivity (Wildman–Crippen MR) is 152 cm³/mol. The van der Waals surface area contributed by atoms with Crippen LogP contribution < -0.4 is 0 Å². The van der Waals surface area contributed by atoms with Gasteiger partial charge in [0, 0.05) is 24.2 Å². The van der Waals surface area contributed by atoms with Crippen molar-refractivity contribution in [2.75, 3.05) is 13.1 Å². The van der Waals surface area contributed by atoms with Gasteiger partial charge in [0.15, 0.2) is 5.11 Å². The Morgan fingerprint density at radius 1 is 0.730 bits per heavy atom. The summed E-state index contributed by atoms with van der Waals surface area (Å²) in [5, 5.41) is 0.310. The lowest BCUT2D eigenvalue weighted by Gasteiger charge is -2.36. The van der Waals surface area contributed by atoms with Crippen LogP contribution in [0.15, 0.2) is 96.1 Å². The van der Waals surface area contributed by atoms with Gasteiger partial charge in [-0.15, -0.1) is 0 Å². The van der Waals surface area contributed by atoms with Crippen LogP contribution >= 0.6 is 12.2 Å². The van der Waals surface area contributed by atoms with Gasteiger partial charge in [0.2, 0.25) is 0 Å². The van der Waals surface area contributed by atoms with Crippen molar-refractivity contribution in [2.45, 2.75) is 39.5 Å². The van der Waals surface area contributed by atoms with Crippen LogP contribution in [0, 0.1) is 0 Å². The first-order valence-corrected chi connectivity index (χ1v) is 13.3. The number of ether oxygens (including phenoxy) is 1. The third-order valence-corrected chi connectivity index (χ3v) is 6.70. The van der Waals surface area contributed by atoms with E-state index in [0.29, 0.717) is 29.7 Å². The van der Waals surface area contributed by atoms with Gasteiger partial charge in [0.25, 0.3) is 11.8 Å². The Balaban J connectivity index is 1.74. The summed E-state index contributed by atoms with van der Waals surface area (Å²) in [6.45, 7) is 5.14. The highest BCUT2D eigenvalue weighted by molar-refractivity contribution is 7.80. The fourth-order valence-corrected chi connectivity index (χ4v) is 4.51. The van der Waals surface area contributed by atoms with Crippen molar-refractivity contribution in [3.8, 4) is 0 Å². The van der Waals surface area contributed by atoms with Crippen LogP contribution in [0.4, 0.5) is 0 Å². The Hall–Kier alpha value is -3.77. The molecule has 37 heavy (non-hydrogen) atoms. The number of carbonyl (C=O) groups is 2. The molecular formula is C31H32N2O3S. The van der Waals surface area contributed by atoms with Crippen LogP contribution in [0.2, 0.25) is 0 Å². The summed E-state index contributed by atoms with van der Waals surface area (Å²) in [5.74, 6) is 0.728. The lowest BCUT2D eigenvalue weighted by atomic mass is 10.0. The monoisotopic (exact) mass is 512 g/mol. The van der Waals surface area contributed by atoms with E-state index in [2.05, 4.69) is 13.8 Å². The smallest absolute Gasteiger partial charge is 0.265 e. The quantitative estimate of drug-likeness (QED) is 0.218. The molecule has 190 valence electrons. The Labute approximate surface area is 224 Å². The minimum Gasteiger partial charge on any atom is -0.456 e. The van der Waals surface area contributed by atoms with Crippen LogP contribution in [0.5, 0.6) is 0 Å². The van der Waals surface area contributed by atoms with Crippen LogP contribution in [0.3, 0.4) is 0 Å². The average molecular weight is 513 g/mol. The number of allylic oxidation sites excluding steroid dienone is 5. The molecule has 0 spiro atoms. The topological polar surface area (TPSA) is 49.9 Å². The van der Waals surface area contributed by atoms with Gasteiger partial charge < -0.3 is 4.74 Å². The molecule has 2 amide bonds. The third-order valence-electron chi connectivity index (χ3n) is 6.26. The van der Waals surface area contributed by atoms with E-state index >= 15 is 0 Å². The zero-order valence-corrected chi connectivity index (χ0v) is 22.2. The zero-order chi connectivity index (χ0) is 26.2. The van der Waals surface area contributed by atoms with Gasteiger partial charge in [-0.2, -0.15) is 0 Å². The van der Waals surface area contributed by atoms with Gasteiger partial charge in [0.1, 0.15) is 17.1 Å². The Morgan fingerprint density at radius 3 is 1.62 bits per heavy atom. The number of hydrogen-bond donors (Lipinski definition) is 0. The van der Waals surface area contributed by atoms with Crippen molar-refractivity contribution in [1.29, 1.82) is 0 Å². The molecule has 2 aliphatic rings. The molecule has 0 aromatic heterocycles. The molecule has 0 aliphatic carbocycles. The maximum atomic E-state index is 13.4. The molecule has 5 nitrogen and oxygen atoms in total. The summed E-state index contributed by atoms with van der Waals surface area (Å²) in [7, 11) is 0. The second kappa shape index (κ2) is 12.5. The van der Waals surface area contributed by atoms with E-state index in [1.165, 1.54) is 0 Å². The molecule has 4 rings (SSSR count). The standard InChI is InChI=1S/C31H32N2O3S/c1-3-5-19-32-29(34)26(30(35)33(31(32)37)20-6-4-2)18-17-23-21-27(24-13-9-7-10-14-24)36-28(22-23)25-15-11-8-12-16-25/h7-18,21-22H,3-6,19-20H2,1-2H3. The summed E-state index contributed by atoms with van der Waals surface area (Å²) in [5.41, 5.74) is 2.83. The molecule has 2 aliphatic heterocycles. The highest BCUT2D eigenvalue weighted by atomic mass is 32.1. The summed E-state index contributed by atoms with van der Waals surface area (Å²) in [6, 6.07) is 19.7. The SMILES string of the molecule is CCCCN1C(=O)C(=CC=C2C=C(c3ccccc3)OC(c3ccccc3)=C2)C(=O)N(CCCC)C1=S. The van der Waals surface area contributed by atoms with E-state index in [0.717, 1.165) is 42.4 Å². The number of unbranched alkanes of at least 4 members (excludes halogenated alkanes) is 2. The first kappa shape index (κ1) is 26.3. The molecule has 6 heteroatoms. The maximum Gasteiger partial charge on any atom is 0.265 e. The van der Waals surface area contributed by atoms with Gasteiger partial charge >= 0.3 is 0 Å². The molecule has 0 N–H and O–H groups in total. The number of amides is 2. The minimum absolute atomic E-state index is 0.129. The van der Waals surface area contributed by atoms with Crippen LogP contribution in [0.25, 0.3) is 11.5 Å². The molecule has 0 atom stereocenters. The van der Waals surface area contributed by atoms with Crippen LogP contribution in [-0.4, -0.2) is 39.8 Å². The number of nitrogens with zero attached hydrogens (tertiary/aromatic N) is 2. The van der Waals surface area contributed by atoms with Crippen molar-refractivity contribution in [3.05, 3.63) is 107 Å². The second-order valence-electron chi connectivity index (χ2n) is 9.00. The molecule has 2 aromatic carbocycles. The molecule has 1 fully saturated rings. The average Bonchev–Trinajstić information content (AvgIpc) is 2.94. The van der Waals surface area contributed by atoms with E-state index in [4.69, 9.17) is 17.0 Å². The fraction of sp³-hybridized carbons (Fsp3) is 0.258. The molecular weight excluding hydrogens is 480 g/mol. The summed E-state index contributed by atoms with van der Waals surface area (Å²) in [6.07, 6.45) is 10.8. The van der Waals surface area contributed by atoms with Crippen LogP contribution in [0.1, 0.15) is 50.7 Å². The van der Waals surface area contributed by atoms with Gasteiger partial charge in [0.05, 0.1) is 0 Å². The van der Waals surface area contributed by atoms with Gasteiger partial charge in [-0.05, 0) is 48.9 Å². The lowest BCUT2D eigenvalue weighted by Crippen LogP contribution is -2.56. The molecule has 0 saturated carbocycles.